The molecule has 0 bridgehead atoms. The van der Waals surface area contributed by atoms with Gasteiger partial charge in [-0.25, -0.2) is 4.98 Å². The average molecular weight is 273 g/mol. The van der Waals surface area contributed by atoms with Gasteiger partial charge in [0.1, 0.15) is 5.75 Å². The third-order valence-corrected chi connectivity index (χ3v) is 4.56. The van der Waals surface area contributed by atoms with E-state index in [0.29, 0.717) is 5.95 Å². The molecule has 3 rings (SSSR count). The lowest BCUT2D eigenvalue weighted by Crippen LogP contribution is -2.18. The number of hydrogen-bond acceptors (Lipinski definition) is 3. The Morgan fingerprint density at radius 1 is 1.30 bits per heavy atom. The molecular formula is C16H23N3O. The zero-order valence-corrected chi connectivity index (χ0v) is 12.3. The van der Waals surface area contributed by atoms with Crippen molar-refractivity contribution in [2.24, 2.45) is 11.8 Å². The summed E-state index contributed by atoms with van der Waals surface area (Å²) in [5.74, 6) is 3.06. The third-order valence-electron chi connectivity index (χ3n) is 4.56. The molecule has 1 aliphatic rings. The minimum absolute atomic E-state index is 0.617. The summed E-state index contributed by atoms with van der Waals surface area (Å²) in [4.78, 5) is 4.46. The summed E-state index contributed by atoms with van der Waals surface area (Å²) in [5.41, 5.74) is 8.14. The highest BCUT2D eigenvalue weighted by atomic mass is 16.5. The molecule has 0 spiro atoms. The van der Waals surface area contributed by atoms with Gasteiger partial charge in [-0.3, -0.25) is 0 Å². The van der Waals surface area contributed by atoms with Crippen molar-refractivity contribution >= 4 is 17.0 Å². The maximum atomic E-state index is 6.10. The van der Waals surface area contributed by atoms with Crippen LogP contribution in [0, 0.1) is 11.8 Å². The number of nitrogens with two attached hydrogens (primary N) is 1. The molecule has 1 aromatic heterocycles. The van der Waals surface area contributed by atoms with Gasteiger partial charge in [0.05, 0.1) is 18.1 Å². The van der Waals surface area contributed by atoms with Gasteiger partial charge in [-0.05, 0) is 36.8 Å². The van der Waals surface area contributed by atoms with E-state index >= 15 is 0 Å². The molecule has 0 atom stereocenters. The molecule has 20 heavy (non-hydrogen) atoms. The lowest BCUT2D eigenvalue weighted by Gasteiger charge is -2.26. The number of anilines is 1. The lowest BCUT2D eigenvalue weighted by molar-refractivity contribution is 0.267. The first-order valence-electron chi connectivity index (χ1n) is 7.47. The Hall–Kier alpha value is -1.71. The van der Waals surface area contributed by atoms with Crippen LogP contribution < -0.4 is 10.5 Å². The van der Waals surface area contributed by atoms with Crippen LogP contribution in [0.5, 0.6) is 5.75 Å². The Labute approximate surface area is 119 Å². The molecule has 0 aliphatic heterocycles. The van der Waals surface area contributed by atoms with Crippen molar-refractivity contribution in [2.45, 2.75) is 39.2 Å². The first-order chi connectivity index (χ1) is 9.67. The van der Waals surface area contributed by atoms with Crippen LogP contribution in [0.3, 0.4) is 0 Å². The Morgan fingerprint density at radius 3 is 2.75 bits per heavy atom. The van der Waals surface area contributed by atoms with Gasteiger partial charge >= 0.3 is 0 Å². The van der Waals surface area contributed by atoms with Crippen molar-refractivity contribution in [2.75, 3.05) is 12.8 Å². The molecular weight excluding hydrogens is 250 g/mol. The van der Waals surface area contributed by atoms with Crippen molar-refractivity contribution in [3.8, 4) is 5.75 Å². The van der Waals surface area contributed by atoms with Gasteiger partial charge in [0.2, 0.25) is 5.95 Å². The fourth-order valence-electron chi connectivity index (χ4n) is 3.22. The molecule has 108 valence electrons. The predicted molar refractivity (Wildman–Crippen MR) is 81.8 cm³/mol. The van der Waals surface area contributed by atoms with Gasteiger partial charge in [0, 0.05) is 12.6 Å². The number of benzene rings is 1. The van der Waals surface area contributed by atoms with Crippen molar-refractivity contribution < 1.29 is 4.74 Å². The Balaban J connectivity index is 1.85. The molecule has 0 saturated heterocycles. The van der Waals surface area contributed by atoms with Gasteiger partial charge in [0.25, 0.3) is 0 Å². The lowest BCUT2D eigenvalue weighted by atomic mass is 9.83. The molecule has 2 aromatic rings. The maximum Gasteiger partial charge on any atom is 0.201 e. The number of aromatic nitrogens is 2. The number of hydrogen-bond donors (Lipinski definition) is 1. The second-order valence-electron chi connectivity index (χ2n) is 6.06. The predicted octanol–water partition coefficient (Wildman–Crippen LogP) is 3.45. The molecule has 2 N–H and O–H groups in total. The van der Waals surface area contributed by atoms with Gasteiger partial charge in [-0.1, -0.05) is 19.8 Å². The summed E-state index contributed by atoms with van der Waals surface area (Å²) in [6.45, 7) is 3.34. The quantitative estimate of drug-likeness (QED) is 0.931. The zero-order chi connectivity index (χ0) is 14.1. The molecule has 0 radical (unpaired) electrons. The Bertz CT molecular complexity index is 597. The second kappa shape index (κ2) is 5.35. The van der Waals surface area contributed by atoms with E-state index in [1.165, 1.54) is 25.7 Å². The fraction of sp³-hybridized carbons (Fsp3) is 0.562. The monoisotopic (exact) mass is 273 g/mol. The summed E-state index contributed by atoms with van der Waals surface area (Å²) in [6, 6.07) is 5.98. The normalized spacial score (nSPS) is 23.1. The molecule has 1 fully saturated rings. The van der Waals surface area contributed by atoms with E-state index in [1.54, 1.807) is 7.11 Å². The SMILES string of the molecule is COc1ccc2c(c1)nc(N)n2CC1CCC(C)CC1. The number of nitrogens with zero attached hydrogens (tertiary/aromatic N) is 2. The van der Waals surface area contributed by atoms with Crippen LogP contribution in [0.1, 0.15) is 32.6 Å². The van der Waals surface area contributed by atoms with Gasteiger partial charge in [-0.2, -0.15) is 0 Å². The van der Waals surface area contributed by atoms with Crippen molar-refractivity contribution in [3.63, 3.8) is 0 Å². The topological polar surface area (TPSA) is 53.1 Å². The van der Waals surface area contributed by atoms with E-state index in [2.05, 4.69) is 22.5 Å². The largest absolute Gasteiger partial charge is 0.497 e. The van der Waals surface area contributed by atoms with E-state index in [4.69, 9.17) is 10.5 Å². The maximum absolute atomic E-state index is 6.10. The first kappa shape index (κ1) is 13.3. The van der Waals surface area contributed by atoms with Crippen molar-refractivity contribution in [1.29, 1.82) is 0 Å². The summed E-state index contributed by atoms with van der Waals surface area (Å²) in [7, 11) is 1.67. The van der Waals surface area contributed by atoms with E-state index in [-0.39, 0.29) is 0 Å². The summed E-state index contributed by atoms with van der Waals surface area (Å²) >= 11 is 0. The van der Waals surface area contributed by atoms with E-state index in [0.717, 1.165) is 35.2 Å². The summed E-state index contributed by atoms with van der Waals surface area (Å²) in [5, 5.41) is 0. The average Bonchev–Trinajstić information content (AvgIpc) is 2.76. The standard InChI is InChI=1S/C16H23N3O/c1-11-3-5-12(6-4-11)10-19-15-8-7-13(20-2)9-14(15)18-16(19)17/h7-9,11-12H,3-6,10H2,1-2H3,(H2,17,18). The van der Waals surface area contributed by atoms with Crippen LogP contribution in [0.2, 0.25) is 0 Å². The molecule has 0 amide bonds. The minimum Gasteiger partial charge on any atom is -0.497 e. The van der Waals surface area contributed by atoms with Crippen LogP contribution in [0.4, 0.5) is 5.95 Å². The number of methoxy groups -OCH3 is 1. The smallest absolute Gasteiger partial charge is 0.201 e. The molecule has 4 heteroatoms. The molecule has 4 nitrogen and oxygen atoms in total. The number of nitrogen functional groups attached to an aromatic ring is 1. The van der Waals surface area contributed by atoms with Crippen LogP contribution >= 0.6 is 0 Å². The first-order valence-corrected chi connectivity index (χ1v) is 7.47. The summed E-state index contributed by atoms with van der Waals surface area (Å²) < 4.78 is 7.41. The molecule has 1 heterocycles. The molecule has 1 aliphatic carbocycles. The minimum atomic E-state index is 0.617. The number of ether oxygens (including phenoxy) is 1. The van der Waals surface area contributed by atoms with Crippen LogP contribution in [0.25, 0.3) is 11.0 Å². The van der Waals surface area contributed by atoms with Crippen molar-refractivity contribution in [1.82, 2.24) is 9.55 Å². The Morgan fingerprint density at radius 2 is 2.05 bits per heavy atom. The number of fused-ring (bicyclic) bond motifs is 1. The second-order valence-corrected chi connectivity index (χ2v) is 6.06. The highest BCUT2D eigenvalue weighted by Gasteiger charge is 2.20. The summed E-state index contributed by atoms with van der Waals surface area (Å²) in [6.07, 6.45) is 5.28. The molecule has 1 aromatic carbocycles. The van der Waals surface area contributed by atoms with Gasteiger partial charge < -0.3 is 15.0 Å². The highest BCUT2D eigenvalue weighted by molar-refractivity contribution is 5.79. The van der Waals surface area contributed by atoms with Crippen LogP contribution in [0.15, 0.2) is 18.2 Å². The fourth-order valence-corrected chi connectivity index (χ4v) is 3.22. The molecule has 1 saturated carbocycles. The zero-order valence-electron chi connectivity index (χ0n) is 12.3. The van der Waals surface area contributed by atoms with Crippen LogP contribution in [-0.2, 0) is 6.54 Å². The van der Waals surface area contributed by atoms with Gasteiger partial charge in [0.15, 0.2) is 0 Å². The third kappa shape index (κ3) is 2.47. The number of rotatable bonds is 3. The highest BCUT2D eigenvalue weighted by Crippen LogP contribution is 2.31. The molecule has 0 unspecified atom stereocenters. The van der Waals surface area contributed by atoms with Gasteiger partial charge in [-0.15, -0.1) is 0 Å². The van der Waals surface area contributed by atoms with Crippen LogP contribution in [-0.4, -0.2) is 16.7 Å². The van der Waals surface area contributed by atoms with E-state index in [1.807, 2.05) is 12.1 Å². The van der Waals surface area contributed by atoms with E-state index < -0.39 is 0 Å². The van der Waals surface area contributed by atoms with E-state index in [9.17, 15) is 0 Å². The number of imidazole rings is 1. The Kier molecular flexibility index (Phi) is 3.55. The van der Waals surface area contributed by atoms with Crippen molar-refractivity contribution in [3.05, 3.63) is 18.2 Å².